The van der Waals surface area contributed by atoms with Crippen molar-refractivity contribution < 1.29 is 13.2 Å². The minimum atomic E-state index is -3.61. The number of hydrogen-bond donors (Lipinski definition) is 1. The van der Waals surface area contributed by atoms with Crippen LogP contribution in [0.25, 0.3) is 0 Å². The molecular formula is C20H26N2O3S. The van der Waals surface area contributed by atoms with Gasteiger partial charge in [-0.2, -0.15) is 0 Å². The first-order valence-electron chi connectivity index (χ1n) is 8.68. The first-order chi connectivity index (χ1) is 12.2. The number of nitrogens with zero attached hydrogens (tertiary/aromatic N) is 1. The highest BCUT2D eigenvalue weighted by Gasteiger charge is 2.21. The molecule has 2 aromatic rings. The van der Waals surface area contributed by atoms with Crippen molar-refractivity contribution in [3.05, 3.63) is 59.7 Å². The molecule has 1 atom stereocenters. The van der Waals surface area contributed by atoms with Crippen molar-refractivity contribution in [1.82, 2.24) is 5.32 Å². The monoisotopic (exact) mass is 374 g/mol. The van der Waals surface area contributed by atoms with Crippen LogP contribution in [0.15, 0.2) is 53.4 Å². The third-order valence-electron chi connectivity index (χ3n) is 4.36. The van der Waals surface area contributed by atoms with E-state index in [0.717, 1.165) is 17.5 Å². The van der Waals surface area contributed by atoms with Crippen LogP contribution in [0.5, 0.6) is 0 Å². The van der Waals surface area contributed by atoms with Gasteiger partial charge in [-0.05, 0) is 50.1 Å². The number of rotatable bonds is 7. The topological polar surface area (TPSA) is 66.5 Å². The van der Waals surface area contributed by atoms with Crippen molar-refractivity contribution >= 4 is 21.6 Å². The van der Waals surface area contributed by atoms with Gasteiger partial charge in [0.05, 0.1) is 17.0 Å². The smallest absolute Gasteiger partial charge is 0.264 e. The zero-order valence-electron chi connectivity index (χ0n) is 15.7. The quantitative estimate of drug-likeness (QED) is 0.809. The molecule has 0 spiro atoms. The summed E-state index contributed by atoms with van der Waals surface area (Å²) in [6.45, 7) is 5.90. The lowest BCUT2D eigenvalue weighted by Crippen LogP contribution is -2.33. The van der Waals surface area contributed by atoms with Crippen LogP contribution in [0.4, 0.5) is 5.69 Å². The normalized spacial score (nSPS) is 12.5. The lowest BCUT2D eigenvalue weighted by molar-refractivity contribution is -0.121. The molecule has 26 heavy (non-hydrogen) atoms. The Kier molecular flexibility index (Phi) is 6.42. The van der Waals surface area contributed by atoms with E-state index >= 15 is 0 Å². The summed E-state index contributed by atoms with van der Waals surface area (Å²) >= 11 is 0. The zero-order valence-corrected chi connectivity index (χ0v) is 16.5. The molecule has 0 aliphatic heterocycles. The summed E-state index contributed by atoms with van der Waals surface area (Å²) in [6, 6.07) is 13.9. The van der Waals surface area contributed by atoms with Gasteiger partial charge in [0.15, 0.2) is 0 Å². The average molecular weight is 375 g/mol. The molecule has 0 fully saturated rings. The van der Waals surface area contributed by atoms with E-state index in [1.54, 1.807) is 48.5 Å². The number of aryl methyl sites for hydroxylation is 1. The SMILES string of the molecule is CC[C@@H](C)NC(=O)Cc1ccc(N(C)S(=O)(=O)c2ccc(C)cc2)cc1. The third-order valence-corrected chi connectivity index (χ3v) is 6.16. The molecule has 2 rings (SSSR count). The number of sulfonamides is 1. The first kappa shape index (κ1) is 20.0. The molecule has 140 valence electrons. The lowest BCUT2D eigenvalue weighted by Gasteiger charge is -2.20. The van der Waals surface area contributed by atoms with Gasteiger partial charge >= 0.3 is 0 Å². The van der Waals surface area contributed by atoms with Gasteiger partial charge in [0.25, 0.3) is 10.0 Å². The Hall–Kier alpha value is -2.34. The number of anilines is 1. The van der Waals surface area contributed by atoms with E-state index < -0.39 is 10.0 Å². The second-order valence-corrected chi connectivity index (χ2v) is 8.47. The maximum absolute atomic E-state index is 12.7. The molecule has 0 aliphatic carbocycles. The maximum atomic E-state index is 12.7. The fraction of sp³-hybridized carbons (Fsp3) is 0.350. The van der Waals surface area contributed by atoms with Gasteiger partial charge in [0.1, 0.15) is 0 Å². The fourth-order valence-corrected chi connectivity index (χ4v) is 3.64. The molecule has 1 amide bonds. The van der Waals surface area contributed by atoms with Crippen molar-refractivity contribution in [1.29, 1.82) is 0 Å². The minimum absolute atomic E-state index is 0.0345. The van der Waals surface area contributed by atoms with Crippen LogP contribution in [0.3, 0.4) is 0 Å². The Morgan fingerprint density at radius 3 is 2.19 bits per heavy atom. The summed E-state index contributed by atoms with van der Waals surface area (Å²) in [4.78, 5) is 12.2. The Bertz CT molecular complexity index is 844. The molecule has 0 heterocycles. The van der Waals surface area contributed by atoms with E-state index in [1.165, 1.54) is 11.4 Å². The van der Waals surface area contributed by atoms with E-state index in [-0.39, 0.29) is 23.3 Å². The van der Waals surface area contributed by atoms with Crippen molar-refractivity contribution in [2.75, 3.05) is 11.4 Å². The predicted octanol–water partition coefficient (Wildman–Crippen LogP) is 3.28. The highest BCUT2D eigenvalue weighted by Crippen LogP contribution is 2.22. The van der Waals surface area contributed by atoms with Gasteiger partial charge in [0.2, 0.25) is 5.91 Å². The van der Waals surface area contributed by atoms with Gasteiger partial charge in [0, 0.05) is 13.1 Å². The van der Waals surface area contributed by atoms with Crippen molar-refractivity contribution in [2.24, 2.45) is 0 Å². The Balaban J connectivity index is 2.12. The summed E-state index contributed by atoms with van der Waals surface area (Å²) in [5.41, 5.74) is 2.40. The molecular weight excluding hydrogens is 348 g/mol. The molecule has 6 heteroatoms. The summed E-state index contributed by atoms with van der Waals surface area (Å²) in [5, 5.41) is 2.92. The highest BCUT2D eigenvalue weighted by atomic mass is 32.2. The molecule has 0 saturated heterocycles. The third kappa shape index (κ3) is 4.85. The highest BCUT2D eigenvalue weighted by molar-refractivity contribution is 7.92. The van der Waals surface area contributed by atoms with Gasteiger partial charge in [-0.3, -0.25) is 9.10 Å². The Morgan fingerprint density at radius 1 is 1.08 bits per heavy atom. The second-order valence-electron chi connectivity index (χ2n) is 6.51. The Labute approximate surface area is 156 Å². The fourth-order valence-electron chi connectivity index (χ4n) is 2.44. The van der Waals surface area contributed by atoms with E-state index in [2.05, 4.69) is 5.32 Å². The van der Waals surface area contributed by atoms with Crippen molar-refractivity contribution in [3.8, 4) is 0 Å². The molecule has 0 bridgehead atoms. The van der Waals surface area contributed by atoms with Crippen LogP contribution in [-0.2, 0) is 21.2 Å². The van der Waals surface area contributed by atoms with E-state index in [4.69, 9.17) is 0 Å². The molecule has 0 saturated carbocycles. The van der Waals surface area contributed by atoms with E-state index in [1.807, 2.05) is 20.8 Å². The van der Waals surface area contributed by atoms with Crippen LogP contribution in [0.1, 0.15) is 31.4 Å². The van der Waals surface area contributed by atoms with Gasteiger partial charge in [-0.1, -0.05) is 36.8 Å². The number of amides is 1. The number of carbonyl (C=O) groups excluding carboxylic acids is 1. The molecule has 5 nitrogen and oxygen atoms in total. The second kappa shape index (κ2) is 8.36. The minimum Gasteiger partial charge on any atom is -0.353 e. The van der Waals surface area contributed by atoms with Crippen molar-refractivity contribution in [3.63, 3.8) is 0 Å². The number of nitrogens with one attached hydrogen (secondary N) is 1. The van der Waals surface area contributed by atoms with Crippen LogP contribution < -0.4 is 9.62 Å². The maximum Gasteiger partial charge on any atom is 0.264 e. The molecule has 1 N–H and O–H groups in total. The van der Waals surface area contributed by atoms with Crippen LogP contribution >= 0.6 is 0 Å². The van der Waals surface area contributed by atoms with Crippen LogP contribution in [0.2, 0.25) is 0 Å². The summed E-state index contributed by atoms with van der Waals surface area (Å²) in [5.74, 6) is -0.0345. The number of hydrogen-bond acceptors (Lipinski definition) is 3. The molecule has 0 unspecified atom stereocenters. The summed E-state index contributed by atoms with van der Waals surface area (Å²) in [7, 11) is -2.08. The van der Waals surface area contributed by atoms with Crippen LogP contribution in [0, 0.1) is 6.92 Å². The summed E-state index contributed by atoms with van der Waals surface area (Å²) < 4.78 is 26.7. The van der Waals surface area contributed by atoms with E-state index in [0.29, 0.717) is 5.69 Å². The van der Waals surface area contributed by atoms with Gasteiger partial charge < -0.3 is 5.32 Å². The average Bonchev–Trinajstić information content (AvgIpc) is 2.61. The summed E-state index contributed by atoms with van der Waals surface area (Å²) in [6.07, 6.45) is 1.16. The Morgan fingerprint density at radius 2 is 1.65 bits per heavy atom. The molecule has 0 aliphatic rings. The van der Waals surface area contributed by atoms with E-state index in [9.17, 15) is 13.2 Å². The first-order valence-corrected chi connectivity index (χ1v) is 10.1. The van der Waals surface area contributed by atoms with Gasteiger partial charge in [-0.25, -0.2) is 8.42 Å². The zero-order chi connectivity index (χ0) is 19.3. The standard InChI is InChI=1S/C20H26N2O3S/c1-5-16(3)21-20(23)14-17-8-10-18(11-9-17)22(4)26(24,25)19-12-6-15(2)7-13-19/h6-13,16H,5,14H2,1-4H3,(H,21,23)/t16-/m1/s1. The number of benzene rings is 2. The molecule has 0 radical (unpaired) electrons. The van der Waals surface area contributed by atoms with Crippen molar-refractivity contribution in [2.45, 2.75) is 44.6 Å². The molecule has 0 aromatic heterocycles. The number of carbonyl (C=O) groups is 1. The predicted molar refractivity (Wildman–Crippen MR) is 105 cm³/mol. The lowest BCUT2D eigenvalue weighted by atomic mass is 10.1. The van der Waals surface area contributed by atoms with Crippen LogP contribution in [-0.4, -0.2) is 27.4 Å². The largest absolute Gasteiger partial charge is 0.353 e. The molecule has 2 aromatic carbocycles. The van der Waals surface area contributed by atoms with Gasteiger partial charge in [-0.15, -0.1) is 0 Å².